The van der Waals surface area contributed by atoms with Gasteiger partial charge in [-0.2, -0.15) is 4.31 Å². The van der Waals surface area contributed by atoms with Crippen molar-refractivity contribution in [2.24, 2.45) is 0 Å². The van der Waals surface area contributed by atoms with E-state index >= 15 is 0 Å². The first-order valence-corrected chi connectivity index (χ1v) is 13.5. The smallest absolute Gasteiger partial charge is 0.266 e. The molecule has 0 bridgehead atoms. The van der Waals surface area contributed by atoms with Crippen molar-refractivity contribution in [3.63, 3.8) is 0 Å². The number of benzene rings is 1. The fraction of sp³-hybridized carbons (Fsp3) is 0.696. The number of sulfonamides is 1. The lowest BCUT2D eigenvalue weighted by Gasteiger charge is -2.44. The highest BCUT2D eigenvalue weighted by Gasteiger charge is 2.55. The molecule has 1 aromatic rings. The first-order chi connectivity index (χ1) is 16.4. The van der Waals surface area contributed by atoms with E-state index < -0.39 is 20.7 Å². The van der Waals surface area contributed by atoms with Crippen LogP contribution in [0.4, 0.5) is 5.69 Å². The molecule has 2 aliphatic heterocycles. The molecule has 0 spiro atoms. The number of hydroxylamine groups is 1. The molecule has 192 valence electrons. The van der Waals surface area contributed by atoms with Crippen molar-refractivity contribution in [3.05, 3.63) is 24.3 Å². The first kappa shape index (κ1) is 26.7. The first-order valence-electron chi connectivity index (χ1n) is 12.0. The summed E-state index contributed by atoms with van der Waals surface area (Å²) < 4.78 is 37.9. The summed E-state index contributed by atoms with van der Waals surface area (Å²) >= 11 is 0. The van der Waals surface area contributed by atoms with Crippen LogP contribution in [0.2, 0.25) is 0 Å². The van der Waals surface area contributed by atoms with Crippen LogP contribution in [0.1, 0.15) is 32.6 Å². The number of amides is 1. The number of carbonyl (C=O) groups is 1. The Balaban J connectivity index is 1.64. The molecule has 0 unspecified atom stereocenters. The summed E-state index contributed by atoms with van der Waals surface area (Å²) in [5, 5.41) is 9.37. The SMILES string of the molecule is CCCCOc1ccc(N2CCN(S(=O)(=O)C3(C(=O)NO)CCN(CCOC)CC3)CC2)cc1. The van der Waals surface area contributed by atoms with Gasteiger partial charge in [0.2, 0.25) is 10.0 Å². The molecule has 2 fully saturated rings. The molecule has 0 aromatic heterocycles. The minimum absolute atomic E-state index is 0.130. The van der Waals surface area contributed by atoms with Crippen LogP contribution in [0.25, 0.3) is 0 Å². The third-order valence-electron chi connectivity index (χ3n) is 6.83. The largest absolute Gasteiger partial charge is 0.494 e. The van der Waals surface area contributed by atoms with Crippen LogP contribution in [0, 0.1) is 0 Å². The maximum absolute atomic E-state index is 13.7. The van der Waals surface area contributed by atoms with E-state index in [0.29, 0.717) is 45.9 Å². The van der Waals surface area contributed by atoms with Crippen molar-refractivity contribution in [2.75, 3.05) is 71.0 Å². The maximum Gasteiger partial charge on any atom is 0.266 e. The molecule has 0 saturated carbocycles. The van der Waals surface area contributed by atoms with Crippen LogP contribution in [-0.4, -0.2) is 99.6 Å². The van der Waals surface area contributed by atoms with E-state index in [2.05, 4.69) is 16.7 Å². The zero-order valence-corrected chi connectivity index (χ0v) is 21.1. The average Bonchev–Trinajstić information content (AvgIpc) is 2.88. The Kier molecular flexibility index (Phi) is 9.55. The highest BCUT2D eigenvalue weighted by molar-refractivity contribution is 7.91. The summed E-state index contributed by atoms with van der Waals surface area (Å²) in [6.07, 6.45) is 2.36. The van der Waals surface area contributed by atoms with Crippen LogP contribution in [0.3, 0.4) is 0 Å². The normalized spacial score (nSPS) is 19.7. The van der Waals surface area contributed by atoms with E-state index in [1.54, 1.807) is 12.6 Å². The van der Waals surface area contributed by atoms with Crippen molar-refractivity contribution in [1.29, 1.82) is 0 Å². The Hall–Kier alpha value is -1.92. The molecule has 0 aliphatic carbocycles. The third-order valence-corrected chi connectivity index (χ3v) is 9.46. The van der Waals surface area contributed by atoms with E-state index in [9.17, 15) is 18.4 Å². The third kappa shape index (κ3) is 5.83. The molecule has 2 saturated heterocycles. The molecular weight excluding hydrogens is 460 g/mol. The molecule has 3 rings (SSSR count). The number of piperidine rings is 1. The van der Waals surface area contributed by atoms with Gasteiger partial charge in [-0.3, -0.25) is 10.0 Å². The fourth-order valence-corrected chi connectivity index (χ4v) is 6.70. The number of ether oxygens (including phenoxy) is 2. The lowest BCUT2D eigenvalue weighted by Crippen LogP contribution is -2.63. The van der Waals surface area contributed by atoms with Crippen molar-refractivity contribution >= 4 is 21.6 Å². The molecule has 2 N–H and O–H groups in total. The second kappa shape index (κ2) is 12.2. The zero-order chi connectivity index (χ0) is 24.6. The van der Waals surface area contributed by atoms with Crippen molar-refractivity contribution in [3.8, 4) is 5.75 Å². The van der Waals surface area contributed by atoms with Gasteiger partial charge in [0, 0.05) is 58.6 Å². The second-order valence-corrected chi connectivity index (χ2v) is 11.1. The van der Waals surface area contributed by atoms with Gasteiger partial charge < -0.3 is 19.3 Å². The second-order valence-electron chi connectivity index (χ2n) is 8.86. The van der Waals surface area contributed by atoms with Crippen LogP contribution >= 0.6 is 0 Å². The summed E-state index contributed by atoms with van der Waals surface area (Å²) in [6, 6.07) is 7.85. The monoisotopic (exact) mass is 498 g/mol. The topological polar surface area (TPSA) is 112 Å². The van der Waals surface area contributed by atoms with E-state index in [0.717, 1.165) is 24.3 Å². The Morgan fingerprint density at radius 3 is 2.26 bits per heavy atom. The zero-order valence-electron chi connectivity index (χ0n) is 20.2. The van der Waals surface area contributed by atoms with Gasteiger partial charge in [-0.1, -0.05) is 13.3 Å². The lowest BCUT2D eigenvalue weighted by molar-refractivity contribution is -0.133. The van der Waals surface area contributed by atoms with Gasteiger partial charge in [0.25, 0.3) is 5.91 Å². The summed E-state index contributed by atoms with van der Waals surface area (Å²) in [5.74, 6) is -0.0211. The van der Waals surface area contributed by atoms with Gasteiger partial charge in [-0.25, -0.2) is 13.9 Å². The standard InChI is InChI=1S/C23H38N4O6S/c1-3-4-18-33-21-7-5-20(6-8-21)26-13-15-27(16-14-26)34(30,31)23(22(28)24-29)9-11-25(12-10-23)17-19-32-2/h5-8,29H,3-4,9-19H2,1-2H3,(H,24,28). The number of unbranched alkanes of at least 4 members (excludes halogenated alkanes) is 1. The lowest BCUT2D eigenvalue weighted by atomic mass is 9.95. The predicted octanol–water partition coefficient (Wildman–Crippen LogP) is 1.30. The van der Waals surface area contributed by atoms with E-state index in [1.165, 1.54) is 4.31 Å². The number of piperazine rings is 1. The van der Waals surface area contributed by atoms with Gasteiger partial charge in [0.1, 0.15) is 5.75 Å². The number of methoxy groups -OCH3 is 1. The molecule has 0 atom stereocenters. The van der Waals surface area contributed by atoms with Crippen LogP contribution < -0.4 is 15.1 Å². The van der Waals surface area contributed by atoms with Crippen molar-refractivity contribution in [2.45, 2.75) is 37.4 Å². The van der Waals surface area contributed by atoms with Crippen LogP contribution in [-0.2, 0) is 19.6 Å². The number of nitrogens with zero attached hydrogens (tertiary/aromatic N) is 3. The van der Waals surface area contributed by atoms with Crippen molar-refractivity contribution < 1.29 is 27.9 Å². The van der Waals surface area contributed by atoms with Gasteiger partial charge in [0.15, 0.2) is 4.75 Å². The number of hydrogen-bond acceptors (Lipinski definition) is 8. The molecule has 0 radical (unpaired) electrons. The van der Waals surface area contributed by atoms with Crippen LogP contribution in [0.15, 0.2) is 24.3 Å². The van der Waals surface area contributed by atoms with E-state index in [-0.39, 0.29) is 25.9 Å². The molecule has 1 aromatic carbocycles. The highest BCUT2D eigenvalue weighted by atomic mass is 32.2. The average molecular weight is 499 g/mol. The van der Waals surface area contributed by atoms with E-state index in [1.807, 2.05) is 24.3 Å². The fourth-order valence-electron chi connectivity index (χ4n) is 4.58. The Labute approximate surface area is 202 Å². The molecule has 2 aliphatic rings. The minimum atomic E-state index is -3.97. The summed E-state index contributed by atoms with van der Waals surface area (Å²) in [4.78, 5) is 16.9. The molecule has 11 heteroatoms. The van der Waals surface area contributed by atoms with Gasteiger partial charge >= 0.3 is 0 Å². The van der Waals surface area contributed by atoms with Gasteiger partial charge in [0.05, 0.1) is 13.2 Å². The van der Waals surface area contributed by atoms with Crippen LogP contribution in [0.5, 0.6) is 5.75 Å². The van der Waals surface area contributed by atoms with E-state index in [4.69, 9.17) is 9.47 Å². The summed E-state index contributed by atoms with van der Waals surface area (Å²) in [5.41, 5.74) is 2.64. The number of nitrogens with one attached hydrogen (secondary N) is 1. The molecular formula is C23H38N4O6S. The molecule has 1 amide bonds. The predicted molar refractivity (Wildman–Crippen MR) is 130 cm³/mol. The minimum Gasteiger partial charge on any atom is -0.494 e. The van der Waals surface area contributed by atoms with Crippen molar-refractivity contribution in [1.82, 2.24) is 14.7 Å². The Bertz CT molecular complexity index is 879. The number of rotatable bonds is 11. The number of carbonyl (C=O) groups excluding carboxylic acids is 1. The maximum atomic E-state index is 13.7. The summed E-state index contributed by atoms with van der Waals surface area (Å²) in [6.45, 7) is 6.53. The quantitative estimate of drug-likeness (QED) is 0.267. The number of likely N-dealkylation sites (tertiary alicyclic amines) is 1. The van der Waals surface area contributed by atoms with Gasteiger partial charge in [-0.15, -0.1) is 0 Å². The highest BCUT2D eigenvalue weighted by Crippen LogP contribution is 2.34. The molecule has 10 nitrogen and oxygen atoms in total. The molecule has 34 heavy (non-hydrogen) atoms. The van der Waals surface area contributed by atoms with Gasteiger partial charge in [-0.05, 0) is 43.5 Å². The Morgan fingerprint density at radius 2 is 1.71 bits per heavy atom. The Morgan fingerprint density at radius 1 is 1.06 bits per heavy atom. The number of hydrogen-bond donors (Lipinski definition) is 2. The molecule has 2 heterocycles. The number of anilines is 1. The summed E-state index contributed by atoms with van der Waals surface area (Å²) in [7, 11) is -2.35.